The normalized spacial score (nSPS) is 16.1. The zero-order chi connectivity index (χ0) is 18.4. The molecule has 3 aromatic rings. The molecule has 0 bridgehead atoms. The van der Waals surface area contributed by atoms with Gasteiger partial charge in [0, 0.05) is 12.4 Å². The smallest absolute Gasteiger partial charge is 0.258 e. The first-order valence-electron chi connectivity index (χ1n) is 8.28. The van der Waals surface area contributed by atoms with Crippen LogP contribution < -0.4 is 16.0 Å². The largest absolute Gasteiger partial charge is 0.439 e. The lowest BCUT2D eigenvalue weighted by molar-refractivity contribution is 0.396. The Kier molecular flexibility index (Phi) is 3.55. The fraction of sp³-hybridized carbons (Fsp3) is 0.143. The molecule has 5 heteroatoms. The number of ether oxygens (including phenoxy) is 1. The van der Waals surface area contributed by atoms with Crippen molar-refractivity contribution in [1.29, 1.82) is 5.26 Å². The number of aryl methyl sites for hydroxylation is 2. The number of benzene rings is 2. The van der Waals surface area contributed by atoms with Gasteiger partial charge in [0.05, 0.1) is 17.0 Å². The minimum Gasteiger partial charge on any atom is -0.439 e. The van der Waals surface area contributed by atoms with Gasteiger partial charge in [0.1, 0.15) is 17.4 Å². The highest BCUT2D eigenvalue weighted by molar-refractivity contribution is 5.88. The Morgan fingerprint density at radius 1 is 1.19 bits per heavy atom. The maximum atomic E-state index is 13.2. The summed E-state index contributed by atoms with van der Waals surface area (Å²) >= 11 is 0. The van der Waals surface area contributed by atoms with E-state index in [1.54, 1.807) is 11.6 Å². The van der Waals surface area contributed by atoms with Crippen LogP contribution in [-0.2, 0) is 7.05 Å². The van der Waals surface area contributed by atoms with E-state index in [-0.39, 0.29) is 17.0 Å². The van der Waals surface area contributed by atoms with Gasteiger partial charge in [-0.15, -0.1) is 0 Å². The first-order valence-corrected chi connectivity index (χ1v) is 8.28. The van der Waals surface area contributed by atoms with Crippen LogP contribution in [0.4, 0.5) is 0 Å². The molecular formula is C21H17N3O2. The topological polar surface area (TPSA) is 81.0 Å². The molecular weight excluding hydrogens is 326 g/mol. The molecule has 1 aliphatic heterocycles. The number of fused-ring (bicyclic) bond motifs is 3. The van der Waals surface area contributed by atoms with E-state index in [0.29, 0.717) is 11.3 Å². The van der Waals surface area contributed by atoms with Crippen LogP contribution in [0, 0.1) is 18.3 Å². The van der Waals surface area contributed by atoms with Gasteiger partial charge in [-0.3, -0.25) is 4.79 Å². The molecule has 1 aliphatic rings. The number of nitrogens with zero attached hydrogens (tertiary/aromatic N) is 2. The average molecular weight is 343 g/mol. The number of para-hydroxylation sites is 1. The molecule has 26 heavy (non-hydrogen) atoms. The van der Waals surface area contributed by atoms with Gasteiger partial charge in [-0.05, 0) is 24.6 Å². The third kappa shape index (κ3) is 2.20. The maximum Gasteiger partial charge on any atom is 0.258 e. The van der Waals surface area contributed by atoms with Crippen molar-refractivity contribution in [3.63, 3.8) is 0 Å². The predicted octanol–water partition coefficient (Wildman–Crippen LogP) is 3.07. The van der Waals surface area contributed by atoms with Crippen LogP contribution in [0.15, 0.2) is 64.8 Å². The third-order valence-corrected chi connectivity index (χ3v) is 4.84. The Hall–Kier alpha value is -3.52. The molecule has 2 aromatic carbocycles. The summed E-state index contributed by atoms with van der Waals surface area (Å²) in [6.07, 6.45) is 0. The van der Waals surface area contributed by atoms with Crippen LogP contribution >= 0.6 is 0 Å². The van der Waals surface area contributed by atoms with Crippen molar-refractivity contribution in [2.75, 3.05) is 0 Å². The summed E-state index contributed by atoms with van der Waals surface area (Å²) < 4.78 is 7.38. The summed E-state index contributed by atoms with van der Waals surface area (Å²) in [5, 5.41) is 10.5. The predicted molar refractivity (Wildman–Crippen MR) is 99.7 cm³/mol. The Labute approximate surface area is 150 Å². The van der Waals surface area contributed by atoms with Crippen molar-refractivity contribution in [2.24, 2.45) is 12.8 Å². The summed E-state index contributed by atoms with van der Waals surface area (Å²) in [4.78, 5) is 13.2. The van der Waals surface area contributed by atoms with Crippen LogP contribution in [0.25, 0.3) is 10.9 Å². The van der Waals surface area contributed by atoms with Gasteiger partial charge in [-0.1, -0.05) is 42.0 Å². The number of nitriles is 1. The Balaban J connectivity index is 2.14. The molecule has 128 valence electrons. The molecule has 5 nitrogen and oxygen atoms in total. The molecule has 0 saturated heterocycles. The number of pyridine rings is 1. The van der Waals surface area contributed by atoms with Crippen molar-refractivity contribution in [2.45, 2.75) is 12.8 Å². The lowest BCUT2D eigenvalue weighted by Gasteiger charge is -2.27. The second-order valence-corrected chi connectivity index (χ2v) is 6.46. The second kappa shape index (κ2) is 5.78. The summed E-state index contributed by atoms with van der Waals surface area (Å²) in [6, 6.07) is 17.4. The highest BCUT2D eigenvalue weighted by Gasteiger charge is 2.35. The first-order chi connectivity index (χ1) is 12.5. The Morgan fingerprint density at radius 3 is 2.69 bits per heavy atom. The molecule has 4 rings (SSSR count). The van der Waals surface area contributed by atoms with Crippen LogP contribution in [0.5, 0.6) is 5.75 Å². The number of nitrogens with two attached hydrogens (primary N) is 1. The molecule has 0 spiro atoms. The van der Waals surface area contributed by atoms with Crippen molar-refractivity contribution in [3.05, 3.63) is 87.0 Å². The standard InChI is InChI=1S/C21H17N3O2/c1-12-6-5-7-13(10-12)17-15(11-22)20(23)26-19-14-8-3-4-9-16(14)24(2)21(25)18(17)19/h3-10,17H,23H2,1-2H3/t17-/m1/s1. The van der Waals surface area contributed by atoms with Crippen LogP contribution in [0.1, 0.15) is 22.6 Å². The quantitative estimate of drug-likeness (QED) is 0.736. The molecule has 1 atom stereocenters. The van der Waals surface area contributed by atoms with E-state index < -0.39 is 5.92 Å². The summed E-state index contributed by atoms with van der Waals surface area (Å²) in [6.45, 7) is 1.97. The SMILES string of the molecule is Cc1cccc([C@@H]2C(C#N)=C(N)Oc3c2c(=O)n(C)c2ccccc32)c1. The summed E-state index contributed by atoms with van der Waals surface area (Å²) in [5.41, 5.74) is 9.24. The zero-order valence-corrected chi connectivity index (χ0v) is 14.5. The lowest BCUT2D eigenvalue weighted by atomic mass is 9.83. The monoisotopic (exact) mass is 343 g/mol. The fourth-order valence-corrected chi connectivity index (χ4v) is 3.61. The molecule has 0 unspecified atom stereocenters. The summed E-state index contributed by atoms with van der Waals surface area (Å²) in [5.74, 6) is -0.0661. The summed E-state index contributed by atoms with van der Waals surface area (Å²) in [7, 11) is 1.73. The molecule has 0 radical (unpaired) electrons. The highest BCUT2D eigenvalue weighted by atomic mass is 16.5. The van der Waals surface area contributed by atoms with Gasteiger partial charge in [-0.2, -0.15) is 5.26 Å². The Morgan fingerprint density at radius 2 is 1.96 bits per heavy atom. The fourth-order valence-electron chi connectivity index (χ4n) is 3.61. The molecule has 2 heterocycles. The zero-order valence-electron chi connectivity index (χ0n) is 14.5. The van der Waals surface area contributed by atoms with E-state index >= 15 is 0 Å². The molecule has 0 amide bonds. The first kappa shape index (κ1) is 16.0. The number of rotatable bonds is 1. The van der Waals surface area contributed by atoms with Crippen LogP contribution in [0.2, 0.25) is 0 Å². The van der Waals surface area contributed by atoms with Gasteiger partial charge in [-0.25, -0.2) is 0 Å². The van der Waals surface area contributed by atoms with Crippen molar-refractivity contribution in [3.8, 4) is 11.8 Å². The maximum absolute atomic E-state index is 13.2. The van der Waals surface area contributed by atoms with Crippen molar-refractivity contribution < 1.29 is 4.74 Å². The Bertz CT molecular complexity index is 1180. The van der Waals surface area contributed by atoms with Crippen LogP contribution in [-0.4, -0.2) is 4.57 Å². The van der Waals surface area contributed by atoms with Gasteiger partial charge in [0.25, 0.3) is 5.56 Å². The van der Waals surface area contributed by atoms with E-state index in [2.05, 4.69) is 6.07 Å². The van der Waals surface area contributed by atoms with Gasteiger partial charge in [0.15, 0.2) is 0 Å². The lowest BCUT2D eigenvalue weighted by Crippen LogP contribution is -2.31. The van der Waals surface area contributed by atoms with Gasteiger partial charge < -0.3 is 15.0 Å². The molecule has 2 N–H and O–H groups in total. The average Bonchev–Trinajstić information content (AvgIpc) is 2.65. The minimum absolute atomic E-state index is 0.0462. The number of allylic oxidation sites excluding steroid dienone is 1. The van der Waals surface area contributed by atoms with Crippen molar-refractivity contribution in [1.82, 2.24) is 4.57 Å². The second-order valence-electron chi connectivity index (χ2n) is 6.46. The molecule has 0 fully saturated rings. The molecule has 0 aliphatic carbocycles. The van der Waals surface area contributed by atoms with Gasteiger partial charge in [0.2, 0.25) is 5.88 Å². The number of aromatic nitrogens is 1. The van der Waals surface area contributed by atoms with E-state index in [1.165, 1.54) is 0 Å². The van der Waals surface area contributed by atoms with E-state index in [9.17, 15) is 10.1 Å². The minimum atomic E-state index is -0.549. The van der Waals surface area contributed by atoms with Gasteiger partial charge >= 0.3 is 0 Å². The third-order valence-electron chi connectivity index (χ3n) is 4.84. The molecule has 1 aromatic heterocycles. The van der Waals surface area contributed by atoms with Crippen molar-refractivity contribution >= 4 is 10.9 Å². The van der Waals surface area contributed by atoms with E-state index in [1.807, 2.05) is 55.5 Å². The van der Waals surface area contributed by atoms with E-state index in [4.69, 9.17) is 10.5 Å². The molecule has 0 saturated carbocycles. The van der Waals surface area contributed by atoms with E-state index in [0.717, 1.165) is 22.0 Å². The number of hydrogen-bond donors (Lipinski definition) is 1. The van der Waals surface area contributed by atoms with Crippen LogP contribution in [0.3, 0.4) is 0 Å². The highest BCUT2D eigenvalue weighted by Crippen LogP contribution is 2.43. The number of hydrogen-bond acceptors (Lipinski definition) is 4.